The van der Waals surface area contributed by atoms with Crippen LogP contribution in [0.25, 0.3) is 0 Å². The summed E-state index contributed by atoms with van der Waals surface area (Å²) in [6.07, 6.45) is 8.40. The van der Waals surface area contributed by atoms with Gasteiger partial charge >= 0.3 is 0 Å². The lowest BCUT2D eigenvalue weighted by Crippen LogP contribution is -2.11. The van der Waals surface area contributed by atoms with Gasteiger partial charge in [0.05, 0.1) is 0 Å². The second-order valence-electron chi connectivity index (χ2n) is 4.59. The molecule has 0 radical (unpaired) electrons. The van der Waals surface area contributed by atoms with E-state index in [0.717, 1.165) is 17.4 Å². The average Bonchev–Trinajstić information content (AvgIpc) is 2.27. The molecule has 0 N–H and O–H groups in total. The normalized spacial score (nSPS) is 43.7. The Balaban J connectivity index is 2.06. The molecule has 0 aromatic heterocycles. The topological polar surface area (TPSA) is 0 Å². The van der Waals surface area contributed by atoms with Crippen molar-refractivity contribution in [2.24, 2.45) is 11.8 Å². The highest BCUT2D eigenvalue weighted by Gasteiger charge is 2.32. The largest absolute Gasteiger partial charge is 0.0853 e. The van der Waals surface area contributed by atoms with Crippen LogP contribution in [0.3, 0.4) is 0 Å². The maximum absolute atomic E-state index is 2.47. The van der Waals surface area contributed by atoms with Crippen molar-refractivity contribution in [1.29, 1.82) is 0 Å². The fourth-order valence-corrected chi connectivity index (χ4v) is 4.11. The van der Waals surface area contributed by atoms with Gasteiger partial charge in [0.1, 0.15) is 0 Å². The number of hydrogen-bond donors (Lipinski definition) is 0. The minimum Gasteiger partial charge on any atom is -0.0853 e. The van der Waals surface area contributed by atoms with Crippen LogP contribution in [-0.4, -0.2) is 10.2 Å². The van der Waals surface area contributed by atoms with Crippen LogP contribution in [0.4, 0.5) is 0 Å². The Morgan fingerprint density at radius 1 is 1.36 bits per heavy atom. The van der Waals surface area contributed by atoms with Gasteiger partial charge in [0, 0.05) is 10.2 Å². The van der Waals surface area contributed by atoms with Gasteiger partial charge in [-0.3, -0.25) is 0 Å². The third-order valence-electron chi connectivity index (χ3n) is 3.43. The van der Waals surface area contributed by atoms with Gasteiger partial charge in [-0.1, -0.05) is 30.0 Å². The smallest absolute Gasteiger partial charge is 0.00675 e. The third-order valence-corrected chi connectivity index (χ3v) is 4.37. The standard InChI is InChI=1S/C10H18Si/c1-7-2-3-8-5-10(11)6-9(8)4-7/h2,8-10H,3-6H2,1,11H3. The summed E-state index contributed by atoms with van der Waals surface area (Å²) in [4.78, 5) is 0. The van der Waals surface area contributed by atoms with Gasteiger partial charge in [-0.2, -0.15) is 0 Å². The van der Waals surface area contributed by atoms with E-state index in [4.69, 9.17) is 0 Å². The first-order chi connectivity index (χ1) is 5.25. The van der Waals surface area contributed by atoms with Crippen LogP contribution in [0.2, 0.25) is 5.54 Å². The van der Waals surface area contributed by atoms with Gasteiger partial charge in [-0.15, -0.1) is 0 Å². The number of rotatable bonds is 0. The fourth-order valence-electron chi connectivity index (χ4n) is 2.90. The Morgan fingerprint density at radius 3 is 2.91 bits per heavy atom. The predicted octanol–water partition coefficient (Wildman–Crippen LogP) is 1.91. The van der Waals surface area contributed by atoms with Crippen LogP contribution in [0.5, 0.6) is 0 Å². The van der Waals surface area contributed by atoms with Crippen molar-refractivity contribution >= 4 is 10.2 Å². The lowest BCUT2D eigenvalue weighted by Gasteiger charge is -2.23. The van der Waals surface area contributed by atoms with Gasteiger partial charge in [-0.25, -0.2) is 0 Å². The highest BCUT2D eigenvalue weighted by atomic mass is 28.1. The summed E-state index contributed by atoms with van der Waals surface area (Å²) >= 11 is 0. The molecule has 0 amide bonds. The first kappa shape index (κ1) is 7.60. The summed E-state index contributed by atoms with van der Waals surface area (Å²) in [7, 11) is 1.44. The third kappa shape index (κ3) is 1.44. The molecule has 11 heavy (non-hydrogen) atoms. The van der Waals surface area contributed by atoms with E-state index >= 15 is 0 Å². The summed E-state index contributed by atoms with van der Waals surface area (Å²) in [5.74, 6) is 2.17. The molecule has 0 saturated heterocycles. The minimum atomic E-state index is 1.08. The van der Waals surface area contributed by atoms with E-state index in [9.17, 15) is 0 Å². The Morgan fingerprint density at radius 2 is 2.09 bits per heavy atom. The summed E-state index contributed by atoms with van der Waals surface area (Å²) < 4.78 is 0. The maximum Gasteiger partial charge on any atom is 0.00675 e. The van der Waals surface area contributed by atoms with E-state index in [0.29, 0.717) is 0 Å². The molecule has 0 aromatic rings. The predicted molar refractivity (Wildman–Crippen MR) is 52.9 cm³/mol. The van der Waals surface area contributed by atoms with E-state index in [2.05, 4.69) is 13.0 Å². The molecule has 2 aliphatic rings. The number of fused-ring (bicyclic) bond motifs is 1. The van der Waals surface area contributed by atoms with Crippen LogP contribution in [0.15, 0.2) is 11.6 Å². The molecule has 0 aliphatic heterocycles. The zero-order valence-electron chi connectivity index (χ0n) is 7.64. The monoisotopic (exact) mass is 166 g/mol. The van der Waals surface area contributed by atoms with Crippen molar-refractivity contribution < 1.29 is 0 Å². The van der Waals surface area contributed by atoms with E-state index in [1.54, 1.807) is 18.4 Å². The van der Waals surface area contributed by atoms with E-state index < -0.39 is 0 Å². The fraction of sp³-hybridized carbons (Fsp3) is 0.800. The van der Waals surface area contributed by atoms with Crippen molar-refractivity contribution in [2.45, 2.75) is 38.1 Å². The first-order valence-corrected chi connectivity index (χ1v) is 6.07. The van der Waals surface area contributed by atoms with E-state index in [1.165, 1.54) is 23.1 Å². The van der Waals surface area contributed by atoms with Gasteiger partial charge in [0.25, 0.3) is 0 Å². The van der Waals surface area contributed by atoms with Crippen molar-refractivity contribution in [3.8, 4) is 0 Å². The van der Waals surface area contributed by atoms with Crippen LogP contribution in [-0.2, 0) is 0 Å². The van der Waals surface area contributed by atoms with E-state index in [1.807, 2.05) is 0 Å². The molecule has 2 aliphatic carbocycles. The molecule has 62 valence electrons. The SMILES string of the molecule is CC1=CCC2CC([SiH3])CC2C1. The molecule has 0 aromatic carbocycles. The summed E-state index contributed by atoms with van der Waals surface area (Å²) in [6.45, 7) is 2.30. The quantitative estimate of drug-likeness (QED) is 0.381. The zero-order chi connectivity index (χ0) is 7.84. The van der Waals surface area contributed by atoms with Crippen LogP contribution in [0.1, 0.15) is 32.6 Å². The Kier molecular flexibility index (Phi) is 1.92. The van der Waals surface area contributed by atoms with Crippen LogP contribution >= 0.6 is 0 Å². The highest BCUT2D eigenvalue weighted by Crippen LogP contribution is 2.45. The Labute approximate surface area is 72.5 Å². The van der Waals surface area contributed by atoms with Crippen molar-refractivity contribution in [3.05, 3.63) is 11.6 Å². The number of allylic oxidation sites excluding steroid dienone is 2. The summed E-state index contributed by atoms with van der Waals surface area (Å²) in [5.41, 5.74) is 2.80. The van der Waals surface area contributed by atoms with E-state index in [-0.39, 0.29) is 0 Å². The maximum atomic E-state index is 2.47. The molecule has 0 bridgehead atoms. The average molecular weight is 166 g/mol. The molecule has 1 saturated carbocycles. The second kappa shape index (κ2) is 2.78. The van der Waals surface area contributed by atoms with Gasteiger partial charge in [-0.05, 0) is 31.6 Å². The van der Waals surface area contributed by atoms with Crippen LogP contribution in [0, 0.1) is 11.8 Å². The Bertz CT molecular complexity index is 183. The highest BCUT2D eigenvalue weighted by molar-refractivity contribution is 6.11. The lowest BCUT2D eigenvalue weighted by molar-refractivity contribution is 0.369. The summed E-state index contributed by atoms with van der Waals surface area (Å²) in [5, 5.41) is 0. The van der Waals surface area contributed by atoms with Crippen molar-refractivity contribution in [3.63, 3.8) is 0 Å². The second-order valence-corrected chi connectivity index (χ2v) is 6.22. The van der Waals surface area contributed by atoms with Crippen LogP contribution < -0.4 is 0 Å². The summed E-state index contributed by atoms with van der Waals surface area (Å²) in [6, 6.07) is 0. The van der Waals surface area contributed by atoms with Crippen molar-refractivity contribution in [1.82, 2.24) is 0 Å². The molecule has 1 fully saturated rings. The molecule has 0 heterocycles. The molecule has 3 unspecified atom stereocenters. The molecular formula is C10H18Si. The molecule has 3 atom stereocenters. The minimum absolute atomic E-state index is 1.08. The molecule has 2 rings (SSSR count). The zero-order valence-corrected chi connectivity index (χ0v) is 9.64. The van der Waals surface area contributed by atoms with Gasteiger partial charge in [0.2, 0.25) is 0 Å². The molecule has 1 heteroatoms. The Hall–Kier alpha value is -0.0431. The molecule has 0 spiro atoms. The lowest BCUT2D eigenvalue weighted by atomic mass is 9.83. The van der Waals surface area contributed by atoms with Gasteiger partial charge < -0.3 is 0 Å². The molecule has 0 nitrogen and oxygen atoms in total. The first-order valence-electron chi connectivity index (χ1n) is 4.91. The number of hydrogen-bond acceptors (Lipinski definition) is 0. The molecular weight excluding hydrogens is 148 g/mol. The van der Waals surface area contributed by atoms with Crippen molar-refractivity contribution in [2.75, 3.05) is 0 Å². The van der Waals surface area contributed by atoms with Gasteiger partial charge in [0.15, 0.2) is 0 Å².